The summed E-state index contributed by atoms with van der Waals surface area (Å²) in [5, 5.41) is 0.386. The van der Waals surface area contributed by atoms with Crippen molar-refractivity contribution in [3.63, 3.8) is 0 Å². The van der Waals surface area contributed by atoms with Crippen LogP contribution in [0.15, 0.2) is 41.3 Å². The molecule has 8 heteroatoms. The molecule has 2 aromatic carbocycles. The monoisotopic (exact) mass is 414 g/mol. The van der Waals surface area contributed by atoms with Crippen molar-refractivity contribution >= 4 is 21.4 Å². The molecule has 27 heavy (non-hydrogen) atoms. The van der Waals surface area contributed by atoms with Crippen molar-refractivity contribution in [3.05, 3.63) is 58.6 Å². The van der Waals surface area contributed by atoms with E-state index < -0.39 is 32.1 Å². The largest absolute Gasteiger partial charge is 0.490 e. The van der Waals surface area contributed by atoms with Crippen molar-refractivity contribution < 1.29 is 26.7 Å². The second-order valence-electron chi connectivity index (χ2n) is 6.74. The maximum atomic E-state index is 15.0. The van der Waals surface area contributed by atoms with Gasteiger partial charge in [0.25, 0.3) is 0 Å². The average molecular weight is 415 g/mol. The van der Waals surface area contributed by atoms with Crippen LogP contribution in [0.1, 0.15) is 18.4 Å². The van der Waals surface area contributed by atoms with E-state index in [9.17, 15) is 17.2 Å². The molecule has 0 aromatic heterocycles. The molecule has 144 valence electrons. The van der Waals surface area contributed by atoms with Crippen LogP contribution in [0.5, 0.6) is 5.75 Å². The first-order valence-corrected chi connectivity index (χ1v) is 10.4. The highest BCUT2D eigenvalue weighted by molar-refractivity contribution is 7.92. The number of hydrogen-bond acceptors (Lipinski definition) is 4. The first-order valence-electron chi connectivity index (χ1n) is 8.57. The maximum absolute atomic E-state index is 15.0. The Kier molecular flexibility index (Phi) is 4.64. The van der Waals surface area contributed by atoms with Crippen LogP contribution in [0, 0.1) is 17.6 Å². The zero-order valence-electron chi connectivity index (χ0n) is 14.3. The van der Waals surface area contributed by atoms with Crippen molar-refractivity contribution in [3.8, 4) is 5.75 Å². The molecule has 0 spiro atoms. The van der Waals surface area contributed by atoms with Gasteiger partial charge in [-0.2, -0.15) is 0 Å². The fourth-order valence-corrected chi connectivity index (χ4v) is 6.59. The van der Waals surface area contributed by atoms with Crippen LogP contribution in [0.25, 0.3) is 0 Å². The molecular formula is C19H17ClF2O4S. The molecule has 1 saturated heterocycles. The van der Waals surface area contributed by atoms with Gasteiger partial charge in [0.15, 0.2) is 21.4 Å². The highest BCUT2D eigenvalue weighted by Gasteiger charge is 2.57. The Balaban J connectivity index is 2.05. The van der Waals surface area contributed by atoms with Crippen molar-refractivity contribution in [2.45, 2.75) is 22.5 Å². The molecule has 2 atom stereocenters. The number of sulfone groups is 1. The average Bonchev–Trinajstić information content (AvgIpc) is 2.84. The number of fused-ring (bicyclic) bond motifs is 3. The Labute approximate surface area is 161 Å². The topological polar surface area (TPSA) is 52.6 Å². The van der Waals surface area contributed by atoms with E-state index in [1.807, 2.05) is 0 Å². The summed E-state index contributed by atoms with van der Waals surface area (Å²) in [6.45, 7) is 0.337. The third-order valence-corrected chi connectivity index (χ3v) is 8.24. The Morgan fingerprint density at radius 1 is 1.04 bits per heavy atom. The fraction of sp³-hybridized carbons (Fsp3) is 0.368. The predicted molar refractivity (Wildman–Crippen MR) is 95.7 cm³/mol. The fourth-order valence-electron chi connectivity index (χ4n) is 4.12. The van der Waals surface area contributed by atoms with E-state index in [0.29, 0.717) is 11.4 Å². The lowest BCUT2D eigenvalue weighted by molar-refractivity contribution is 0.0219. The molecule has 4 rings (SSSR count). The van der Waals surface area contributed by atoms with Crippen LogP contribution in [0.3, 0.4) is 0 Å². The van der Waals surface area contributed by atoms with Crippen molar-refractivity contribution in [2.24, 2.45) is 5.92 Å². The van der Waals surface area contributed by atoms with Gasteiger partial charge in [0.05, 0.1) is 23.7 Å². The predicted octanol–water partition coefficient (Wildman–Crippen LogP) is 4.11. The summed E-state index contributed by atoms with van der Waals surface area (Å²) >= 11 is 5.89. The molecule has 2 heterocycles. The standard InChI is InChI=1S/C19H17ClF2O4S/c20-13-1-3-14(4-2-13)27(23,24)19-8-10-25-11-12(19)7-9-26-18-16(22)6-5-15(21)17(18)19/h1-6,12H,7-11H2. The van der Waals surface area contributed by atoms with Gasteiger partial charge in [-0.3, -0.25) is 0 Å². The number of hydrogen-bond donors (Lipinski definition) is 0. The summed E-state index contributed by atoms with van der Waals surface area (Å²) in [6, 6.07) is 7.62. The number of benzene rings is 2. The third-order valence-electron chi connectivity index (χ3n) is 5.39. The van der Waals surface area contributed by atoms with Crippen molar-refractivity contribution in [1.29, 1.82) is 0 Å². The Morgan fingerprint density at radius 3 is 2.48 bits per heavy atom. The molecule has 2 unspecified atom stereocenters. The van der Waals surface area contributed by atoms with Gasteiger partial charge < -0.3 is 9.47 Å². The summed E-state index contributed by atoms with van der Waals surface area (Å²) in [6.07, 6.45) is 0.319. The SMILES string of the molecule is O=S(=O)(c1ccc(Cl)cc1)C12CCOCC1CCOc1c(F)ccc(F)c12. The van der Waals surface area contributed by atoms with E-state index in [0.717, 1.165) is 12.1 Å². The zero-order chi connectivity index (χ0) is 19.2. The normalized spacial score (nSPS) is 25.1. The van der Waals surface area contributed by atoms with Gasteiger partial charge >= 0.3 is 0 Å². The Hall–Kier alpha value is -1.70. The molecule has 2 aliphatic rings. The summed E-state index contributed by atoms with van der Waals surface area (Å²) in [4.78, 5) is 0.00955. The second kappa shape index (κ2) is 6.72. The van der Waals surface area contributed by atoms with E-state index in [1.165, 1.54) is 24.3 Å². The number of halogens is 3. The van der Waals surface area contributed by atoms with Crippen molar-refractivity contribution in [2.75, 3.05) is 19.8 Å². The quantitative estimate of drug-likeness (QED) is 0.742. The summed E-state index contributed by atoms with van der Waals surface area (Å²) < 4.78 is 66.3. The molecule has 0 amide bonds. The molecular weight excluding hydrogens is 398 g/mol. The minimum absolute atomic E-state index is 0.00955. The Bertz CT molecular complexity index is 978. The van der Waals surface area contributed by atoms with E-state index in [1.54, 1.807) is 0 Å². The van der Waals surface area contributed by atoms with Gasteiger partial charge in [-0.1, -0.05) is 11.6 Å². The summed E-state index contributed by atoms with van der Waals surface area (Å²) in [7, 11) is -4.10. The first-order chi connectivity index (χ1) is 12.9. The Morgan fingerprint density at radius 2 is 1.74 bits per heavy atom. The van der Waals surface area contributed by atoms with Crippen LogP contribution >= 0.6 is 11.6 Å². The van der Waals surface area contributed by atoms with Crippen LogP contribution in [-0.2, 0) is 19.3 Å². The third kappa shape index (κ3) is 2.75. The van der Waals surface area contributed by atoms with Crippen LogP contribution < -0.4 is 4.74 Å². The lowest BCUT2D eigenvalue weighted by Gasteiger charge is -2.42. The van der Waals surface area contributed by atoms with E-state index in [4.69, 9.17) is 21.1 Å². The van der Waals surface area contributed by atoms with Crippen molar-refractivity contribution in [1.82, 2.24) is 0 Å². The molecule has 0 bridgehead atoms. The smallest absolute Gasteiger partial charge is 0.188 e. The van der Waals surface area contributed by atoms with Gasteiger partial charge in [-0.25, -0.2) is 17.2 Å². The highest BCUT2D eigenvalue weighted by Crippen LogP contribution is 2.53. The zero-order valence-corrected chi connectivity index (χ0v) is 15.8. The van der Waals surface area contributed by atoms with E-state index in [2.05, 4.69) is 0 Å². The summed E-state index contributed by atoms with van der Waals surface area (Å²) in [5.74, 6) is -2.46. The van der Waals surface area contributed by atoms with Crippen LogP contribution in [0.2, 0.25) is 5.02 Å². The maximum Gasteiger partial charge on any atom is 0.188 e. The van der Waals surface area contributed by atoms with Crippen LogP contribution in [0.4, 0.5) is 8.78 Å². The second-order valence-corrected chi connectivity index (χ2v) is 9.38. The molecule has 0 N–H and O–H groups in total. The van der Waals surface area contributed by atoms with Crippen LogP contribution in [-0.4, -0.2) is 28.2 Å². The lowest BCUT2D eigenvalue weighted by Crippen LogP contribution is -2.49. The van der Waals surface area contributed by atoms with Gasteiger partial charge in [0, 0.05) is 17.5 Å². The van der Waals surface area contributed by atoms with E-state index >= 15 is 0 Å². The molecule has 0 radical (unpaired) electrons. The van der Waals surface area contributed by atoms with Gasteiger partial charge in [0.2, 0.25) is 0 Å². The van der Waals surface area contributed by atoms with Gasteiger partial charge in [0.1, 0.15) is 10.6 Å². The van der Waals surface area contributed by atoms with Gasteiger partial charge in [-0.05, 0) is 49.2 Å². The van der Waals surface area contributed by atoms with E-state index in [-0.39, 0.29) is 42.4 Å². The molecule has 2 aliphatic heterocycles. The first kappa shape index (κ1) is 18.7. The molecule has 2 aromatic rings. The van der Waals surface area contributed by atoms with Gasteiger partial charge in [-0.15, -0.1) is 0 Å². The number of ether oxygens (including phenoxy) is 2. The number of rotatable bonds is 2. The molecule has 4 nitrogen and oxygen atoms in total. The molecule has 0 saturated carbocycles. The molecule has 1 fully saturated rings. The minimum atomic E-state index is -4.10. The summed E-state index contributed by atoms with van der Waals surface area (Å²) in [5.41, 5.74) is -0.233. The lowest BCUT2D eigenvalue weighted by atomic mass is 9.79. The minimum Gasteiger partial charge on any atom is -0.490 e. The highest BCUT2D eigenvalue weighted by atomic mass is 35.5. The molecule has 0 aliphatic carbocycles.